The number of ether oxygens (including phenoxy) is 2. The molecule has 0 aromatic heterocycles. The zero-order valence-electron chi connectivity index (χ0n) is 12.0. The summed E-state index contributed by atoms with van der Waals surface area (Å²) in [6.45, 7) is 6.83. The van der Waals surface area contributed by atoms with Crippen molar-refractivity contribution in [2.24, 2.45) is 0 Å². The Morgan fingerprint density at radius 1 is 1.26 bits per heavy atom. The first-order chi connectivity index (χ1) is 9.36. The monoisotopic (exact) mass is 263 g/mol. The Balaban J connectivity index is 2.07. The van der Waals surface area contributed by atoms with Crippen molar-refractivity contribution >= 4 is 0 Å². The van der Waals surface area contributed by atoms with Gasteiger partial charge in [0.1, 0.15) is 18.5 Å². The van der Waals surface area contributed by atoms with Gasteiger partial charge in [0.2, 0.25) is 0 Å². The summed E-state index contributed by atoms with van der Waals surface area (Å²) < 4.78 is 11.8. The molecule has 0 radical (unpaired) electrons. The van der Waals surface area contributed by atoms with E-state index in [9.17, 15) is 0 Å². The average Bonchev–Trinajstić information content (AvgIpc) is 2.46. The molecule has 1 aliphatic heterocycles. The van der Waals surface area contributed by atoms with Gasteiger partial charge in [0, 0.05) is 12.2 Å². The topological polar surface area (TPSA) is 30.5 Å². The van der Waals surface area contributed by atoms with Crippen LogP contribution in [-0.2, 0) is 4.74 Å². The van der Waals surface area contributed by atoms with Gasteiger partial charge in [-0.15, -0.1) is 0 Å². The van der Waals surface area contributed by atoms with E-state index in [4.69, 9.17) is 9.47 Å². The second-order valence-corrected chi connectivity index (χ2v) is 5.04. The summed E-state index contributed by atoms with van der Waals surface area (Å²) in [5.74, 6) is 0.992. The molecule has 106 valence electrons. The Labute approximate surface area is 116 Å². The molecule has 2 rings (SSSR count). The average molecular weight is 263 g/mol. The van der Waals surface area contributed by atoms with Gasteiger partial charge >= 0.3 is 0 Å². The van der Waals surface area contributed by atoms with Crippen LogP contribution in [-0.4, -0.2) is 25.9 Å². The van der Waals surface area contributed by atoms with E-state index < -0.39 is 0 Å². The van der Waals surface area contributed by atoms with Gasteiger partial charge in [0.15, 0.2) is 0 Å². The van der Waals surface area contributed by atoms with Crippen LogP contribution in [0.5, 0.6) is 5.75 Å². The molecule has 3 heteroatoms. The zero-order chi connectivity index (χ0) is 13.5. The van der Waals surface area contributed by atoms with Crippen LogP contribution >= 0.6 is 0 Å². The first-order valence-electron chi connectivity index (χ1n) is 7.43. The molecule has 0 saturated heterocycles. The van der Waals surface area contributed by atoms with E-state index in [2.05, 4.69) is 31.3 Å². The normalized spacial score (nSPS) is 21.8. The Morgan fingerprint density at radius 2 is 2.11 bits per heavy atom. The number of para-hydroxylation sites is 1. The third-order valence-electron chi connectivity index (χ3n) is 3.47. The van der Waals surface area contributed by atoms with E-state index in [1.165, 1.54) is 5.56 Å². The van der Waals surface area contributed by atoms with E-state index in [1.807, 2.05) is 12.1 Å². The smallest absolute Gasteiger partial charge is 0.124 e. The molecular weight excluding hydrogens is 238 g/mol. The Bertz CT molecular complexity index is 381. The summed E-state index contributed by atoms with van der Waals surface area (Å²) in [7, 11) is 0. The maximum atomic E-state index is 6.00. The molecule has 0 aliphatic carbocycles. The van der Waals surface area contributed by atoms with E-state index in [0.717, 1.165) is 38.2 Å². The summed E-state index contributed by atoms with van der Waals surface area (Å²) in [6.07, 6.45) is 3.52. The quantitative estimate of drug-likeness (QED) is 0.766. The lowest BCUT2D eigenvalue weighted by Crippen LogP contribution is -2.41. The first kappa shape index (κ1) is 14.4. The van der Waals surface area contributed by atoms with Crippen LogP contribution in [0, 0.1) is 0 Å². The summed E-state index contributed by atoms with van der Waals surface area (Å²) in [6, 6.07) is 8.52. The highest BCUT2D eigenvalue weighted by molar-refractivity contribution is 5.38. The third-order valence-corrected chi connectivity index (χ3v) is 3.47. The maximum Gasteiger partial charge on any atom is 0.124 e. The second kappa shape index (κ2) is 7.51. The van der Waals surface area contributed by atoms with Gasteiger partial charge in [-0.2, -0.15) is 0 Å². The van der Waals surface area contributed by atoms with Crippen LogP contribution in [0.15, 0.2) is 24.3 Å². The number of benzene rings is 1. The fraction of sp³-hybridized carbons (Fsp3) is 0.625. The number of unbranched alkanes of at least 4 members (excludes halogenated alkanes) is 1. The lowest BCUT2D eigenvalue weighted by atomic mass is 9.98. The predicted octanol–water partition coefficient (Wildman–Crippen LogP) is 3.31. The van der Waals surface area contributed by atoms with Gasteiger partial charge in [-0.05, 0) is 25.5 Å². The fourth-order valence-corrected chi connectivity index (χ4v) is 2.40. The number of fused-ring (bicyclic) bond motifs is 1. The van der Waals surface area contributed by atoms with Crippen molar-refractivity contribution in [3.63, 3.8) is 0 Å². The SMILES string of the molecule is CCCCOC1COc2ccccc2C1NCCC. The highest BCUT2D eigenvalue weighted by Crippen LogP contribution is 2.33. The fourth-order valence-electron chi connectivity index (χ4n) is 2.40. The number of hydrogen-bond acceptors (Lipinski definition) is 3. The van der Waals surface area contributed by atoms with Gasteiger partial charge in [-0.25, -0.2) is 0 Å². The summed E-state index contributed by atoms with van der Waals surface area (Å²) in [5, 5.41) is 3.60. The van der Waals surface area contributed by atoms with Crippen molar-refractivity contribution in [3.05, 3.63) is 29.8 Å². The Morgan fingerprint density at radius 3 is 2.89 bits per heavy atom. The zero-order valence-corrected chi connectivity index (χ0v) is 12.0. The van der Waals surface area contributed by atoms with E-state index >= 15 is 0 Å². The molecule has 1 heterocycles. The van der Waals surface area contributed by atoms with Gasteiger partial charge in [0.05, 0.1) is 6.04 Å². The van der Waals surface area contributed by atoms with Gasteiger partial charge in [0.25, 0.3) is 0 Å². The van der Waals surface area contributed by atoms with Crippen LogP contribution in [0.3, 0.4) is 0 Å². The summed E-state index contributed by atoms with van der Waals surface area (Å²) in [5.41, 5.74) is 1.23. The second-order valence-electron chi connectivity index (χ2n) is 5.04. The minimum atomic E-state index is 0.119. The lowest BCUT2D eigenvalue weighted by Gasteiger charge is -2.34. The molecule has 0 bridgehead atoms. The minimum Gasteiger partial charge on any atom is -0.490 e. The molecule has 1 N–H and O–H groups in total. The standard InChI is InChI=1S/C16H25NO2/c1-3-5-11-18-15-12-19-14-9-7-6-8-13(14)16(15)17-10-4-2/h6-9,15-17H,3-5,10-12H2,1-2H3. The van der Waals surface area contributed by atoms with E-state index in [1.54, 1.807) is 0 Å². The Hall–Kier alpha value is -1.06. The van der Waals surface area contributed by atoms with Crippen molar-refractivity contribution in [2.75, 3.05) is 19.8 Å². The number of nitrogens with one attached hydrogen (secondary N) is 1. The molecule has 0 spiro atoms. The van der Waals surface area contributed by atoms with E-state index in [0.29, 0.717) is 6.61 Å². The molecule has 3 nitrogen and oxygen atoms in total. The van der Waals surface area contributed by atoms with Crippen molar-refractivity contribution in [2.45, 2.75) is 45.3 Å². The minimum absolute atomic E-state index is 0.119. The van der Waals surface area contributed by atoms with E-state index in [-0.39, 0.29) is 12.1 Å². The van der Waals surface area contributed by atoms with Crippen molar-refractivity contribution in [3.8, 4) is 5.75 Å². The van der Waals surface area contributed by atoms with Crippen molar-refractivity contribution in [1.82, 2.24) is 5.32 Å². The van der Waals surface area contributed by atoms with Crippen molar-refractivity contribution in [1.29, 1.82) is 0 Å². The Kier molecular flexibility index (Phi) is 5.67. The molecule has 0 amide bonds. The molecule has 19 heavy (non-hydrogen) atoms. The summed E-state index contributed by atoms with van der Waals surface area (Å²) in [4.78, 5) is 0. The van der Waals surface area contributed by atoms with Crippen LogP contribution in [0.4, 0.5) is 0 Å². The first-order valence-corrected chi connectivity index (χ1v) is 7.43. The lowest BCUT2D eigenvalue weighted by molar-refractivity contribution is -0.0164. The van der Waals surface area contributed by atoms with Gasteiger partial charge in [-0.3, -0.25) is 0 Å². The van der Waals surface area contributed by atoms with Crippen LogP contribution in [0.2, 0.25) is 0 Å². The molecular formula is C16H25NO2. The van der Waals surface area contributed by atoms with Gasteiger partial charge in [-0.1, -0.05) is 38.5 Å². The third kappa shape index (κ3) is 3.71. The molecule has 1 aliphatic rings. The predicted molar refractivity (Wildman–Crippen MR) is 77.6 cm³/mol. The molecule has 0 fully saturated rings. The number of rotatable bonds is 7. The molecule has 2 unspecified atom stereocenters. The van der Waals surface area contributed by atoms with Crippen LogP contribution in [0.25, 0.3) is 0 Å². The highest BCUT2D eigenvalue weighted by atomic mass is 16.5. The molecule has 0 saturated carbocycles. The largest absolute Gasteiger partial charge is 0.490 e. The number of hydrogen-bond donors (Lipinski definition) is 1. The summed E-state index contributed by atoms with van der Waals surface area (Å²) >= 11 is 0. The highest BCUT2D eigenvalue weighted by Gasteiger charge is 2.30. The van der Waals surface area contributed by atoms with Gasteiger partial charge < -0.3 is 14.8 Å². The van der Waals surface area contributed by atoms with Crippen molar-refractivity contribution < 1.29 is 9.47 Å². The molecule has 1 aromatic carbocycles. The molecule has 1 aromatic rings. The van der Waals surface area contributed by atoms with Crippen LogP contribution < -0.4 is 10.1 Å². The molecule has 2 atom stereocenters. The van der Waals surface area contributed by atoms with Crippen LogP contribution in [0.1, 0.15) is 44.7 Å². The maximum absolute atomic E-state index is 6.00.